The van der Waals surface area contributed by atoms with Crippen molar-refractivity contribution < 1.29 is 0 Å². The molecule has 2 aromatic carbocycles. The van der Waals surface area contributed by atoms with Crippen LogP contribution in [0.25, 0.3) is 33.6 Å². The Morgan fingerprint density at radius 3 is 2.45 bits per heavy atom. The predicted octanol–water partition coefficient (Wildman–Crippen LogP) is 5.02. The van der Waals surface area contributed by atoms with Crippen LogP contribution in [0, 0.1) is 6.92 Å². The lowest BCUT2D eigenvalue weighted by atomic mass is 9.88. The molecule has 6 nitrogen and oxygen atoms in total. The van der Waals surface area contributed by atoms with E-state index in [4.69, 9.17) is 0 Å². The molecular formula is C27H26N6. The third-order valence-corrected chi connectivity index (χ3v) is 6.65. The minimum atomic E-state index is 0.645. The molecule has 1 saturated heterocycles. The van der Waals surface area contributed by atoms with Crippen molar-refractivity contribution in [3.63, 3.8) is 0 Å². The van der Waals surface area contributed by atoms with E-state index in [1.54, 1.807) is 6.33 Å². The summed E-state index contributed by atoms with van der Waals surface area (Å²) in [6, 6.07) is 19.6. The molecule has 0 atom stereocenters. The highest BCUT2D eigenvalue weighted by atomic mass is 15.3. The van der Waals surface area contributed by atoms with Gasteiger partial charge in [0, 0.05) is 23.5 Å². The van der Waals surface area contributed by atoms with Crippen LogP contribution in [0.5, 0.6) is 0 Å². The van der Waals surface area contributed by atoms with E-state index < -0.39 is 0 Å². The first-order valence-electron chi connectivity index (χ1n) is 11.5. The molecule has 0 spiro atoms. The van der Waals surface area contributed by atoms with Gasteiger partial charge in [-0.2, -0.15) is 10.2 Å². The predicted molar refractivity (Wildman–Crippen MR) is 131 cm³/mol. The fraction of sp³-hybridized carbons (Fsp3) is 0.222. The molecular weight excluding hydrogens is 408 g/mol. The average Bonchev–Trinajstić information content (AvgIpc) is 3.55. The van der Waals surface area contributed by atoms with E-state index in [0.717, 1.165) is 41.1 Å². The number of rotatable bonds is 4. The van der Waals surface area contributed by atoms with Gasteiger partial charge in [-0.1, -0.05) is 42.0 Å². The molecule has 5 aromatic rings. The van der Waals surface area contributed by atoms with Crippen LogP contribution in [0.2, 0.25) is 0 Å². The smallest absolute Gasteiger partial charge is 0.163 e. The zero-order valence-electron chi connectivity index (χ0n) is 18.6. The number of nitrogens with zero attached hydrogens (tertiary/aromatic N) is 5. The van der Waals surface area contributed by atoms with Gasteiger partial charge in [-0.3, -0.25) is 0 Å². The van der Waals surface area contributed by atoms with Crippen LogP contribution in [-0.2, 0) is 0 Å². The summed E-state index contributed by atoms with van der Waals surface area (Å²) in [5, 5.41) is 12.5. The average molecular weight is 435 g/mol. The van der Waals surface area contributed by atoms with Crippen molar-refractivity contribution in [3.8, 4) is 27.9 Å². The van der Waals surface area contributed by atoms with Gasteiger partial charge in [0.15, 0.2) is 5.65 Å². The highest BCUT2D eigenvalue weighted by Gasteiger charge is 2.18. The first-order valence-corrected chi connectivity index (χ1v) is 11.5. The van der Waals surface area contributed by atoms with Gasteiger partial charge >= 0.3 is 0 Å². The summed E-state index contributed by atoms with van der Waals surface area (Å²) >= 11 is 0. The minimum absolute atomic E-state index is 0.645. The van der Waals surface area contributed by atoms with Crippen molar-refractivity contribution in [2.75, 3.05) is 13.1 Å². The normalized spacial score (nSPS) is 14.7. The maximum absolute atomic E-state index is 4.65. The van der Waals surface area contributed by atoms with Crippen LogP contribution in [0.15, 0.2) is 79.5 Å². The first-order chi connectivity index (χ1) is 16.3. The molecule has 0 radical (unpaired) electrons. The Labute approximate surface area is 192 Å². The Morgan fingerprint density at radius 2 is 1.67 bits per heavy atom. The number of aryl methyl sites for hydroxylation is 1. The van der Waals surface area contributed by atoms with Gasteiger partial charge in [-0.05, 0) is 73.7 Å². The van der Waals surface area contributed by atoms with E-state index in [-0.39, 0.29) is 0 Å². The molecule has 1 N–H and O–H groups in total. The third kappa shape index (κ3) is 3.72. The molecule has 1 fully saturated rings. The van der Waals surface area contributed by atoms with E-state index in [0.29, 0.717) is 5.92 Å². The van der Waals surface area contributed by atoms with Gasteiger partial charge in [0.2, 0.25) is 0 Å². The Morgan fingerprint density at radius 1 is 0.879 bits per heavy atom. The maximum Gasteiger partial charge on any atom is 0.163 e. The molecule has 4 heterocycles. The van der Waals surface area contributed by atoms with Gasteiger partial charge in [-0.15, -0.1) is 0 Å². The van der Waals surface area contributed by atoms with E-state index in [9.17, 15) is 0 Å². The molecule has 6 heteroatoms. The van der Waals surface area contributed by atoms with Gasteiger partial charge in [0.05, 0.1) is 11.9 Å². The number of hydrogen-bond donors (Lipinski definition) is 1. The topological polar surface area (TPSA) is 60.0 Å². The fourth-order valence-corrected chi connectivity index (χ4v) is 4.79. The number of pyridine rings is 1. The van der Waals surface area contributed by atoms with Crippen LogP contribution in [0.3, 0.4) is 0 Å². The molecule has 164 valence electrons. The summed E-state index contributed by atoms with van der Waals surface area (Å²) in [6.07, 6.45) is 9.97. The Bertz CT molecular complexity index is 1390. The van der Waals surface area contributed by atoms with Crippen LogP contribution in [0.4, 0.5) is 0 Å². The molecule has 33 heavy (non-hydrogen) atoms. The summed E-state index contributed by atoms with van der Waals surface area (Å²) in [4.78, 5) is 4.57. The van der Waals surface area contributed by atoms with Crippen LogP contribution in [-0.4, -0.2) is 37.5 Å². The molecule has 1 aliphatic rings. The van der Waals surface area contributed by atoms with Crippen molar-refractivity contribution in [1.29, 1.82) is 0 Å². The lowest BCUT2D eigenvalue weighted by Gasteiger charge is -2.23. The molecule has 0 unspecified atom stereocenters. The maximum atomic E-state index is 4.65. The molecule has 0 aliphatic carbocycles. The van der Waals surface area contributed by atoms with Gasteiger partial charge in [0.1, 0.15) is 6.33 Å². The zero-order chi connectivity index (χ0) is 22.2. The standard InChI is InChI=1S/C27H26N6/c1-19-2-8-24(9-3-19)33-17-23(16-30-33)26-25(12-15-32-27(26)29-18-31-32)22-6-4-20(5-7-22)21-10-13-28-14-11-21/h2-9,12,15-18,21,28H,10-11,13-14H2,1H3. The second kappa shape index (κ2) is 8.30. The van der Waals surface area contributed by atoms with Gasteiger partial charge < -0.3 is 5.32 Å². The molecule has 0 saturated carbocycles. The van der Waals surface area contributed by atoms with Gasteiger partial charge in [-0.25, -0.2) is 14.2 Å². The molecule has 0 amide bonds. The fourth-order valence-electron chi connectivity index (χ4n) is 4.79. The number of benzene rings is 2. The summed E-state index contributed by atoms with van der Waals surface area (Å²) in [5.41, 5.74) is 8.90. The monoisotopic (exact) mass is 434 g/mol. The van der Waals surface area contributed by atoms with Crippen LogP contribution < -0.4 is 5.32 Å². The summed E-state index contributed by atoms with van der Waals surface area (Å²) in [7, 11) is 0. The van der Waals surface area contributed by atoms with E-state index >= 15 is 0 Å². The van der Waals surface area contributed by atoms with Crippen molar-refractivity contribution in [2.45, 2.75) is 25.7 Å². The number of hydrogen-bond acceptors (Lipinski definition) is 4. The zero-order valence-corrected chi connectivity index (χ0v) is 18.6. The second-order valence-electron chi connectivity index (χ2n) is 8.79. The van der Waals surface area contributed by atoms with Crippen molar-refractivity contribution in [2.24, 2.45) is 0 Å². The molecule has 1 aliphatic heterocycles. The Balaban J connectivity index is 1.42. The minimum Gasteiger partial charge on any atom is -0.317 e. The Kier molecular flexibility index (Phi) is 5.00. The highest BCUT2D eigenvalue weighted by Crippen LogP contribution is 2.36. The number of fused-ring (bicyclic) bond motifs is 1. The largest absolute Gasteiger partial charge is 0.317 e. The molecule has 3 aromatic heterocycles. The lowest BCUT2D eigenvalue weighted by Crippen LogP contribution is -2.26. The first kappa shape index (κ1) is 19.9. The molecule has 6 rings (SSSR count). The summed E-state index contributed by atoms with van der Waals surface area (Å²) in [6.45, 7) is 4.29. The second-order valence-corrected chi connectivity index (χ2v) is 8.79. The van der Waals surface area contributed by atoms with E-state index in [2.05, 4.69) is 88.2 Å². The molecule has 0 bridgehead atoms. The number of piperidine rings is 1. The van der Waals surface area contributed by atoms with Crippen molar-refractivity contribution in [1.82, 2.24) is 29.7 Å². The SMILES string of the molecule is Cc1ccc(-n2cc(-c3c(-c4ccc(C5CCNCC5)cc4)ccn4ncnc34)cn2)cc1. The summed E-state index contributed by atoms with van der Waals surface area (Å²) < 4.78 is 3.74. The summed E-state index contributed by atoms with van der Waals surface area (Å²) in [5.74, 6) is 0.645. The highest BCUT2D eigenvalue weighted by molar-refractivity contribution is 5.91. The Hall–Kier alpha value is -3.77. The van der Waals surface area contributed by atoms with Crippen LogP contribution >= 0.6 is 0 Å². The van der Waals surface area contributed by atoms with E-state index in [1.165, 1.54) is 29.5 Å². The van der Waals surface area contributed by atoms with Gasteiger partial charge in [0.25, 0.3) is 0 Å². The van der Waals surface area contributed by atoms with E-state index in [1.807, 2.05) is 21.6 Å². The quantitative estimate of drug-likeness (QED) is 0.431. The van der Waals surface area contributed by atoms with Crippen LogP contribution in [0.1, 0.15) is 29.9 Å². The number of nitrogens with one attached hydrogen (secondary N) is 1. The van der Waals surface area contributed by atoms with Crippen molar-refractivity contribution in [3.05, 3.63) is 90.6 Å². The number of aromatic nitrogens is 5. The van der Waals surface area contributed by atoms with Crippen molar-refractivity contribution >= 4 is 5.65 Å². The lowest BCUT2D eigenvalue weighted by molar-refractivity contribution is 0.460. The third-order valence-electron chi connectivity index (χ3n) is 6.65.